The third kappa shape index (κ3) is 3.11. The van der Waals surface area contributed by atoms with Crippen LogP contribution in [0, 0.1) is 22.7 Å². The molecule has 0 saturated heterocycles. The Morgan fingerprint density at radius 2 is 1.75 bits per heavy atom. The van der Waals surface area contributed by atoms with Crippen LogP contribution in [-0.4, -0.2) is 47.2 Å². The minimum atomic E-state index is -0.520. The molecule has 0 fully saturated rings. The Labute approximate surface area is 139 Å². The largest absolute Gasteiger partial charge is 0.312 e. The van der Waals surface area contributed by atoms with Crippen molar-refractivity contribution < 1.29 is 14.4 Å². The van der Waals surface area contributed by atoms with Crippen LogP contribution < -0.4 is 0 Å². The summed E-state index contributed by atoms with van der Waals surface area (Å²) in [6, 6.07) is 7.91. The van der Waals surface area contributed by atoms with Gasteiger partial charge in [0.2, 0.25) is 0 Å². The molecule has 0 saturated carbocycles. The molecule has 1 heterocycles. The van der Waals surface area contributed by atoms with Crippen molar-refractivity contribution in [3.05, 3.63) is 34.9 Å². The van der Waals surface area contributed by atoms with Crippen LogP contribution in [0.5, 0.6) is 0 Å². The summed E-state index contributed by atoms with van der Waals surface area (Å²) in [4.78, 5) is 39.3. The first-order valence-electron chi connectivity index (χ1n) is 7.58. The molecule has 3 amide bonds. The molecular weight excluding hydrogens is 308 g/mol. The van der Waals surface area contributed by atoms with Crippen LogP contribution in [0.15, 0.2) is 18.2 Å². The minimum Gasteiger partial charge on any atom is -0.312 e. The number of hydrogen-bond acceptors (Lipinski definition) is 5. The van der Waals surface area contributed by atoms with Gasteiger partial charge in [0, 0.05) is 12.1 Å². The van der Waals surface area contributed by atoms with Gasteiger partial charge < -0.3 is 4.90 Å². The van der Waals surface area contributed by atoms with E-state index in [0.29, 0.717) is 6.54 Å². The van der Waals surface area contributed by atoms with Gasteiger partial charge in [-0.25, -0.2) is 0 Å². The predicted molar refractivity (Wildman–Crippen MR) is 83.8 cm³/mol. The van der Waals surface area contributed by atoms with Crippen LogP contribution >= 0.6 is 0 Å². The molecule has 0 radical (unpaired) electrons. The van der Waals surface area contributed by atoms with E-state index in [0.717, 1.165) is 17.7 Å². The summed E-state index contributed by atoms with van der Waals surface area (Å²) in [6.45, 7) is 1.87. The van der Waals surface area contributed by atoms with Crippen molar-refractivity contribution >= 4 is 17.7 Å². The van der Waals surface area contributed by atoms with Gasteiger partial charge in [-0.05, 0) is 24.6 Å². The molecule has 7 nitrogen and oxygen atoms in total. The Balaban J connectivity index is 2.31. The summed E-state index contributed by atoms with van der Waals surface area (Å²) in [5, 5.41) is 17.5. The SMILES string of the molecule is CCCCN1C(=O)c2ccc(C(=O)N(CC#N)CC#N)cc2C1=O. The zero-order valence-corrected chi connectivity index (χ0v) is 13.3. The number of carbonyl (C=O) groups is 3. The second-order valence-corrected chi connectivity index (χ2v) is 5.35. The highest BCUT2D eigenvalue weighted by molar-refractivity contribution is 6.22. The number of carbonyl (C=O) groups excluding carboxylic acids is 3. The van der Waals surface area contributed by atoms with Crippen molar-refractivity contribution in [2.75, 3.05) is 19.6 Å². The zero-order valence-electron chi connectivity index (χ0n) is 13.3. The smallest absolute Gasteiger partial charge is 0.261 e. The predicted octanol–water partition coefficient (Wildman–Crippen LogP) is 1.57. The number of unbranched alkanes of at least 4 members (excludes halogenated alkanes) is 1. The summed E-state index contributed by atoms with van der Waals surface area (Å²) in [6.07, 6.45) is 1.57. The molecule has 1 aliphatic heterocycles. The van der Waals surface area contributed by atoms with Crippen LogP contribution in [0.25, 0.3) is 0 Å². The van der Waals surface area contributed by atoms with Crippen LogP contribution in [0.4, 0.5) is 0 Å². The molecule has 7 heteroatoms. The fraction of sp³-hybridized carbons (Fsp3) is 0.353. The quantitative estimate of drug-likeness (QED) is 0.583. The number of nitriles is 2. The lowest BCUT2D eigenvalue weighted by molar-refractivity contribution is 0.0652. The van der Waals surface area contributed by atoms with Gasteiger partial charge in [-0.2, -0.15) is 10.5 Å². The summed E-state index contributed by atoms with van der Waals surface area (Å²) in [5.74, 6) is -1.29. The first-order chi connectivity index (χ1) is 11.5. The zero-order chi connectivity index (χ0) is 17.7. The van der Waals surface area contributed by atoms with Gasteiger partial charge in [-0.15, -0.1) is 0 Å². The lowest BCUT2D eigenvalue weighted by Gasteiger charge is -2.15. The fourth-order valence-corrected chi connectivity index (χ4v) is 2.50. The average molecular weight is 324 g/mol. The van der Waals surface area contributed by atoms with Gasteiger partial charge in [-0.3, -0.25) is 19.3 Å². The highest BCUT2D eigenvalue weighted by atomic mass is 16.2. The lowest BCUT2D eigenvalue weighted by atomic mass is 10.0. The van der Waals surface area contributed by atoms with Crippen LogP contribution in [0.2, 0.25) is 0 Å². The van der Waals surface area contributed by atoms with Crippen molar-refractivity contribution in [3.63, 3.8) is 0 Å². The Morgan fingerprint density at radius 1 is 1.12 bits per heavy atom. The molecule has 1 aromatic rings. The van der Waals surface area contributed by atoms with E-state index in [9.17, 15) is 14.4 Å². The fourth-order valence-electron chi connectivity index (χ4n) is 2.50. The number of benzene rings is 1. The van der Waals surface area contributed by atoms with Crippen molar-refractivity contribution in [2.24, 2.45) is 0 Å². The number of hydrogen-bond donors (Lipinski definition) is 0. The molecule has 0 aliphatic carbocycles. The number of rotatable bonds is 6. The second kappa shape index (κ2) is 7.38. The van der Waals surface area contributed by atoms with Gasteiger partial charge in [0.05, 0.1) is 23.3 Å². The van der Waals surface area contributed by atoms with E-state index in [2.05, 4.69) is 0 Å². The molecule has 0 N–H and O–H groups in total. The van der Waals surface area contributed by atoms with Gasteiger partial charge in [0.15, 0.2) is 0 Å². The molecule has 122 valence electrons. The van der Waals surface area contributed by atoms with Crippen molar-refractivity contribution in [2.45, 2.75) is 19.8 Å². The first-order valence-corrected chi connectivity index (χ1v) is 7.58. The maximum atomic E-state index is 12.4. The Kier molecular flexibility index (Phi) is 5.28. The molecule has 0 atom stereocenters. The van der Waals surface area contributed by atoms with Crippen molar-refractivity contribution in [3.8, 4) is 12.1 Å². The van der Waals surface area contributed by atoms with Gasteiger partial charge in [0.25, 0.3) is 17.7 Å². The lowest BCUT2D eigenvalue weighted by Crippen LogP contribution is -2.32. The Morgan fingerprint density at radius 3 is 2.33 bits per heavy atom. The number of imide groups is 1. The minimum absolute atomic E-state index is 0.178. The Bertz CT molecular complexity index is 757. The third-order valence-electron chi connectivity index (χ3n) is 3.76. The van der Waals surface area contributed by atoms with Crippen molar-refractivity contribution in [1.29, 1.82) is 10.5 Å². The van der Waals surface area contributed by atoms with Gasteiger partial charge in [0.1, 0.15) is 13.1 Å². The van der Waals surface area contributed by atoms with Gasteiger partial charge in [-0.1, -0.05) is 13.3 Å². The Hall–Kier alpha value is -3.19. The van der Waals surface area contributed by atoms with E-state index in [1.807, 2.05) is 19.1 Å². The summed E-state index contributed by atoms with van der Waals surface area (Å²) in [5.41, 5.74) is 0.647. The van der Waals surface area contributed by atoms with E-state index in [1.54, 1.807) is 0 Å². The van der Waals surface area contributed by atoms with Crippen LogP contribution in [0.3, 0.4) is 0 Å². The topological polar surface area (TPSA) is 105 Å². The standard InChI is InChI=1S/C17H16N4O3/c1-2-3-8-21-16(23)13-5-4-12(11-14(13)17(21)24)15(22)20(9-6-18)10-7-19/h4-5,11H,2-3,8-10H2,1H3. The third-order valence-corrected chi connectivity index (χ3v) is 3.76. The maximum Gasteiger partial charge on any atom is 0.261 e. The molecule has 1 aromatic carbocycles. The first kappa shape index (κ1) is 17.2. The molecule has 0 unspecified atom stereocenters. The van der Waals surface area contributed by atoms with E-state index in [1.165, 1.54) is 23.1 Å². The molecular formula is C17H16N4O3. The molecule has 0 aromatic heterocycles. The van der Waals surface area contributed by atoms with E-state index < -0.39 is 11.8 Å². The van der Waals surface area contributed by atoms with E-state index in [-0.39, 0.29) is 35.7 Å². The van der Waals surface area contributed by atoms with E-state index >= 15 is 0 Å². The van der Waals surface area contributed by atoms with Crippen LogP contribution in [0.1, 0.15) is 50.8 Å². The number of fused-ring (bicyclic) bond motifs is 1. The summed E-state index contributed by atoms with van der Waals surface area (Å²) < 4.78 is 0. The highest BCUT2D eigenvalue weighted by Gasteiger charge is 2.35. The molecule has 1 aliphatic rings. The summed E-state index contributed by atoms with van der Waals surface area (Å²) in [7, 11) is 0. The normalized spacial score (nSPS) is 12.5. The molecule has 0 spiro atoms. The highest BCUT2D eigenvalue weighted by Crippen LogP contribution is 2.25. The molecule has 2 rings (SSSR count). The monoisotopic (exact) mass is 324 g/mol. The molecule has 0 bridgehead atoms. The second-order valence-electron chi connectivity index (χ2n) is 5.35. The number of nitrogens with zero attached hydrogens (tertiary/aromatic N) is 4. The molecule has 24 heavy (non-hydrogen) atoms. The average Bonchev–Trinajstić information content (AvgIpc) is 2.83. The van der Waals surface area contributed by atoms with Crippen molar-refractivity contribution in [1.82, 2.24) is 9.80 Å². The number of amides is 3. The maximum absolute atomic E-state index is 12.4. The van der Waals surface area contributed by atoms with E-state index in [4.69, 9.17) is 10.5 Å². The summed E-state index contributed by atoms with van der Waals surface area (Å²) >= 11 is 0. The van der Waals surface area contributed by atoms with Crippen LogP contribution in [-0.2, 0) is 0 Å². The van der Waals surface area contributed by atoms with Gasteiger partial charge >= 0.3 is 0 Å².